The maximum absolute atomic E-state index is 12.6. The third kappa shape index (κ3) is 5.62. The van der Waals surface area contributed by atoms with Crippen molar-refractivity contribution in [3.05, 3.63) is 63.7 Å². The summed E-state index contributed by atoms with van der Waals surface area (Å²) in [5.41, 5.74) is 0. The maximum Gasteiger partial charge on any atom is 0.297 e. The summed E-state index contributed by atoms with van der Waals surface area (Å²) in [5.74, 6) is -2.21. The van der Waals surface area contributed by atoms with Gasteiger partial charge in [-0.2, -0.15) is 8.42 Å². The van der Waals surface area contributed by atoms with Crippen LogP contribution in [0.15, 0.2) is 53.4 Å². The average Bonchev–Trinajstić information content (AvgIpc) is 2.28. The van der Waals surface area contributed by atoms with Gasteiger partial charge in [-0.3, -0.25) is 4.55 Å². The van der Waals surface area contributed by atoms with Gasteiger partial charge >= 0.3 is 0 Å². The Morgan fingerprint density at radius 3 is 1.95 bits per heavy atom. The predicted molar refractivity (Wildman–Crippen MR) is 75.3 cm³/mol. The summed E-state index contributed by atoms with van der Waals surface area (Å²) in [6.07, 6.45) is 0. The largest absolute Gasteiger partial charge is 0.297 e. The molecule has 0 saturated heterocycles. The summed E-state index contributed by atoms with van der Waals surface area (Å²) in [6, 6.07) is 12.0. The van der Waals surface area contributed by atoms with E-state index in [4.69, 9.17) is 4.55 Å². The summed E-state index contributed by atoms with van der Waals surface area (Å²) < 4.78 is 55.2. The van der Waals surface area contributed by atoms with Crippen LogP contribution in [0, 0.1) is 15.2 Å². The number of rotatable bonds is 1. The summed E-state index contributed by atoms with van der Waals surface area (Å²) in [6.45, 7) is 0. The van der Waals surface area contributed by atoms with Crippen LogP contribution in [0.1, 0.15) is 0 Å². The van der Waals surface area contributed by atoms with Crippen molar-refractivity contribution in [2.24, 2.45) is 0 Å². The zero-order valence-corrected chi connectivity index (χ0v) is 12.4. The first-order chi connectivity index (χ1) is 8.80. The standard InChI is InChI=1S/C6H4F2O3S.C6H5I/c7-4-1-2-6(5(8)3-4)12(9,10)11;7-6-4-2-1-3-5-6/h1-3H,(H,9,10,11);1-5H. The van der Waals surface area contributed by atoms with Gasteiger partial charge in [-0.05, 0) is 46.9 Å². The first-order valence-electron chi connectivity index (χ1n) is 4.94. The molecule has 0 radical (unpaired) electrons. The molecule has 0 amide bonds. The third-order valence-electron chi connectivity index (χ3n) is 1.90. The van der Waals surface area contributed by atoms with Gasteiger partial charge in [0.1, 0.15) is 16.5 Å². The van der Waals surface area contributed by atoms with Crippen LogP contribution >= 0.6 is 22.6 Å². The molecule has 0 bridgehead atoms. The molecule has 3 nitrogen and oxygen atoms in total. The molecule has 1 N–H and O–H groups in total. The van der Waals surface area contributed by atoms with Crippen molar-refractivity contribution in [1.82, 2.24) is 0 Å². The molecule has 0 saturated carbocycles. The lowest BCUT2D eigenvalue weighted by Crippen LogP contribution is -2.01. The van der Waals surface area contributed by atoms with Crippen LogP contribution in [0.2, 0.25) is 0 Å². The van der Waals surface area contributed by atoms with E-state index in [1.165, 1.54) is 3.57 Å². The third-order valence-corrected chi connectivity index (χ3v) is 3.51. The Balaban J connectivity index is 0.000000218. The van der Waals surface area contributed by atoms with Crippen molar-refractivity contribution in [1.29, 1.82) is 0 Å². The highest BCUT2D eigenvalue weighted by Crippen LogP contribution is 2.14. The lowest BCUT2D eigenvalue weighted by molar-refractivity contribution is 0.471. The highest BCUT2D eigenvalue weighted by Gasteiger charge is 2.15. The Labute approximate surface area is 123 Å². The van der Waals surface area contributed by atoms with Gasteiger partial charge in [0, 0.05) is 9.64 Å². The van der Waals surface area contributed by atoms with Gasteiger partial charge in [0.05, 0.1) is 0 Å². The van der Waals surface area contributed by atoms with E-state index in [1.807, 2.05) is 18.2 Å². The average molecular weight is 398 g/mol. The molecule has 0 aromatic heterocycles. The molecule has 19 heavy (non-hydrogen) atoms. The fourth-order valence-corrected chi connectivity index (χ4v) is 2.06. The number of halogens is 3. The topological polar surface area (TPSA) is 54.4 Å². The zero-order valence-electron chi connectivity index (χ0n) is 9.42. The molecule has 0 atom stereocenters. The smallest absolute Gasteiger partial charge is 0.282 e. The normalized spacial score (nSPS) is 10.5. The lowest BCUT2D eigenvalue weighted by Gasteiger charge is -1.97. The lowest BCUT2D eigenvalue weighted by atomic mass is 10.3. The van der Waals surface area contributed by atoms with Crippen LogP contribution in [0.4, 0.5) is 8.78 Å². The van der Waals surface area contributed by atoms with Crippen molar-refractivity contribution in [3.8, 4) is 0 Å². The Hall–Kier alpha value is -1.06. The van der Waals surface area contributed by atoms with Gasteiger partial charge in [-0.1, -0.05) is 18.2 Å². The SMILES string of the molecule is Ic1ccccc1.O=S(=O)(O)c1ccc(F)cc1F. The Morgan fingerprint density at radius 1 is 1.00 bits per heavy atom. The van der Waals surface area contributed by atoms with Crippen LogP contribution in [-0.2, 0) is 10.1 Å². The van der Waals surface area contributed by atoms with Crippen LogP contribution in [0.5, 0.6) is 0 Å². The predicted octanol–water partition coefficient (Wildman–Crippen LogP) is 3.50. The van der Waals surface area contributed by atoms with E-state index < -0.39 is 26.6 Å². The van der Waals surface area contributed by atoms with Crippen LogP contribution in [0.25, 0.3) is 0 Å². The van der Waals surface area contributed by atoms with Gasteiger partial charge in [0.15, 0.2) is 0 Å². The van der Waals surface area contributed by atoms with E-state index >= 15 is 0 Å². The van der Waals surface area contributed by atoms with E-state index in [9.17, 15) is 17.2 Å². The van der Waals surface area contributed by atoms with Crippen molar-refractivity contribution < 1.29 is 21.8 Å². The monoisotopic (exact) mass is 398 g/mol. The molecule has 2 aromatic carbocycles. The molecule has 0 spiro atoms. The summed E-state index contributed by atoms with van der Waals surface area (Å²) in [4.78, 5) is -0.927. The molecule has 0 aliphatic carbocycles. The highest BCUT2D eigenvalue weighted by molar-refractivity contribution is 14.1. The minimum absolute atomic E-state index is 0.378. The minimum atomic E-state index is -4.59. The molecule has 102 valence electrons. The van der Waals surface area contributed by atoms with Crippen molar-refractivity contribution in [2.75, 3.05) is 0 Å². The Bertz CT molecular complexity index is 645. The fraction of sp³-hybridized carbons (Fsp3) is 0. The molecule has 0 fully saturated rings. The Morgan fingerprint density at radius 2 is 1.58 bits per heavy atom. The van der Waals surface area contributed by atoms with Crippen molar-refractivity contribution in [2.45, 2.75) is 4.90 Å². The molecular weight excluding hydrogens is 389 g/mol. The van der Waals surface area contributed by atoms with Crippen LogP contribution in [0.3, 0.4) is 0 Å². The van der Waals surface area contributed by atoms with Gasteiger partial charge in [-0.25, -0.2) is 8.78 Å². The summed E-state index contributed by atoms with van der Waals surface area (Å²) >= 11 is 2.28. The van der Waals surface area contributed by atoms with E-state index in [2.05, 4.69) is 34.7 Å². The first kappa shape index (κ1) is 16.0. The Kier molecular flexibility index (Phi) is 5.83. The van der Waals surface area contributed by atoms with Crippen LogP contribution < -0.4 is 0 Å². The quantitative estimate of drug-likeness (QED) is 0.591. The van der Waals surface area contributed by atoms with Crippen molar-refractivity contribution in [3.63, 3.8) is 0 Å². The number of hydrogen-bond acceptors (Lipinski definition) is 2. The van der Waals surface area contributed by atoms with E-state index in [0.29, 0.717) is 12.1 Å². The molecule has 0 aliphatic rings. The van der Waals surface area contributed by atoms with Gasteiger partial charge in [0.25, 0.3) is 10.1 Å². The second-order valence-electron chi connectivity index (χ2n) is 3.35. The van der Waals surface area contributed by atoms with E-state index in [1.54, 1.807) is 0 Å². The van der Waals surface area contributed by atoms with Crippen LogP contribution in [-0.4, -0.2) is 13.0 Å². The fourth-order valence-electron chi connectivity index (χ4n) is 1.10. The van der Waals surface area contributed by atoms with Gasteiger partial charge in [0.2, 0.25) is 0 Å². The molecule has 0 heterocycles. The summed E-state index contributed by atoms with van der Waals surface area (Å²) in [5, 5.41) is 0. The van der Waals surface area contributed by atoms with E-state index in [0.717, 1.165) is 6.07 Å². The molecule has 0 unspecified atom stereocenters. The maximum atomic E-state index is 12.6. The zero-order chi connectivity index (χ0) is 14.5. The first-order valence-corrected chi connectivity index (χ1v) is 7.45. The summed E-state index contributed by atoms with van der Waals surface area (Å²) in [7, 11) is -4.59. The number of benzene rings is 2. The number of hydrogen-bond donors (Lipinski definition) is 1. The molecule has 2 aromatic rings. The minimum Gasteiger partial charge on any atom is -0.282 e. The van der Waals surface area contributed by atoms with Gasteiger partial charge < -0.3 is 0 Å². The van der Waals surface area contributed by atoms with Gasteiger partial charge in [-0.15, -0.1) is 0 Å². The second kappa shape index (κ2) is 6.92. The molecule has 0 aliphatic heterocycles. The van der Waals surface area contributed by atoms with Crippen molar-refractivity contribution >= 4 is 32.7 Å². The molecule has 2 rings (SSSR count). The van der Waals surface area contributed by atoms with E-state index in [-0.39, 0.29) is 0 Å². The second-order valence-corrected chi connectivity index (χ2v) is 5.98. The highest BCUT2D eigenvalue weighted by atomic mass is 127. The molecular formula is C12H9F2IO3S. The molecule has 7 heteroatoms.